The van der Waals surface area contributed by atoms with E-state index < -0.39 is 0 Å². The Morgan fingerprint density at radius 1 is 0.857 bits per heavy atom. The molecule has 0 radical (unpaired) electrons. The summed E-state index contributed by atoms with van der Waals surface area (Å²) in [5.74, 6) is 2.33. The van der Waals surface area contributed by atoms with Crippen molar-refractivity contribution in [2.24, 2.45) is 0 Å². The van der Waals surface area contributed by atoms with Crippen molar-refractivity contribution in [1.82, 2.24) is 0 Å². The Labute approximate surface area is 133 Å². The van der Waals surface area contributed by atoms with Crippen LogP contribution in [0.4, 0.5) is 5.69 Å². The van der Waals surface area contributed by atoms with Crippen LogP contribution in [-0.4, -0.2) is 21.3 Å². The van der Waals surface area contributed by atoms with Crippen molar-refractivity contribution >= 4 is 21.6 Å². The van der Waals surface area contributed by atoms with E-state index in [4.69, 9.17) is 14.2 Å². The van der Waals surface area contributed by atoms with Crippen molar-refractivity contribution in [3.63, 3.8) is 0 Å². The molecule has 0 saturated heterocycles. The van der Waals surface area contributed by atoms with E-state index in [1.54, 1.807) is 21.3 Å². The molecule has 0 unspecified atom stereocenters. The molecule has 2 aromatic carbocycles. The topological polar surface area (TPSA) is 39.7 Å². The molecule has 2 aromatic rings. The van der Waals surface area contributed by atoms with Crippen LogP contribution in [0.15, 0.2) is 40.9 Å². The summed E-state index contributed by atoms with van der Waals surface area (Å²) in [5.41, 5.74) is 2.04. The minimum absolute atomic E-state index is 0.661. The summed E-state index contributed by atoms with van der Waals surface area (Å²) < 4.78 is 16.8. The van der Waals surface area contributed by atoms with Gasteiger partial charge in [-0.25, -0.2) is 0 Å². The van der Waals surface area contributed by atoms with Crippen molar-refractivity contribution in [1.29, 1.82) is 0 Å². The number of hydrogen-bond donors (Lipinski definition) is 1. The molecule has 0 amide bonds. The predicted octanol–water partition coefficient (Wildman–Crippen LogP) is 4.09. The number of methoxy groups -OCH3 is 3. The van der Waals surface area contributed by atoms with Gasteiger partial charge in [0, 0.05) is 34.9 Å². The molecule has 4 nitrogen and oxygen atoms in total. The van der Waals surface area contributed by atoms with Gasteiger partial charge in [0.2, 0.25) is 0 Å². The van der Waals surface area contributed by atoms with E-state index in [1.807, 2.05) is 36.4 Å². The normalized spacial score (nSPS) is 10.1. The number of halogens is 1. The fourth-order valence-electron chi connectivity index (χ4n) is 1.92. The first-order chi connectivity index (χ1) is 10.2. The molecular formula is C16H18BrNO3. The largest absolute Gasteiger partial charge is 0.497 e. The second-order valence-electron chi connectivity index (χ2n) is 4.41. The van der Waals surface area contributed by atoms with E-state index in [-0.39, 0.29) is 0 Å². The minimum Gasteiger partial charge on any atom is -0.497 e. The molecular weight excluding hydrogens is 334 g/mol. The fraction of sp³-hybridized carbons (Fsp3) is 0.250. The number of nitrogens with one attached hydrogen (secondary N) is 1. The Morgan fingerprint density at radius 3 is 2.05 bits per heavy atom. The van der Waals surface area contributed by atoms with Gasteiger partial charge in [-0.1, -0.05) is 15.9 Å². The first-order valence-corrected chi connectivity index (χ1v) is 7.25. The third kappa shape index (κ3) is 4.04. The zero-order valence-electron chi connectivity index (χ0n) is 12.3. The number of benzene rings is 2. The van der Waals surface area contributed by atoms with Crippen LogP contribution >= 0.6 is 15.9 Å². The summed E-state index contributed by atoms with van der Waals surface area (Å²) in [6, 6.07) is 11.6. The second kappa shape index (κ2) is 7.22. The molecule has 0 aliphatic rings. The van der Waals surface area contributed by atoms with Crippen molar-refractivity contribution in [3.8, 4) is 17.2 Å². The van der Waals surface area contributed by atoms with Crippen LogP contribution in [0.25, 0.3) is 0 Å². The Morgan fingerprint density at radius 2 is 1.48 bits per heavy atom. The second-order valence-corrected chi connectivity index (χ2v) is 5.27. The van der Waals surface area contributed by atoms with Gasteiger partial charge in [-0.05, 0) is 23.8 Å². The average Bonchev–Trinajstić information content (AvgIpc) is 2.53. The Kier molecular flexibility index (Phi) is 5.33. The molecule has 1 N–H and O–H groups in total. The van der Waals surface area contributed by atoms with Gasteiger partial charge >= 0.3 is 0 Å². The highest BCUT2D eigenvalue weighted by molar-refractivity contribution is 9.10. The van der Waals surface area contributed by atoms with Gasteiger partial charge in [0.25, 0.3) is 0 Å². The SMILES string of the molecule is COc1cc(NCc2cc(OC)ccc2Br)cc(OC)c1. The third-order valence-electron chi connectivity index (χ3n) is 3.09. The quantitative estimate of drug-likeness (QED) is 0.850. The lowest BCUT2D eigenvalue weighted by molar-refractivity contribution is 0.394. The highest BCUT2D eigenvalue weighted by Crippen LogP contribution is 2.27. The van der Waals surface area contributed by atoms with Gasteiger partial charge in [0.1, 0.15) is 17.2 Å². The predicted molar refractivity (Wildman–Crippen MR) is 87.6 cm³/mol. The zero-order chi connectivity index (χ0) is 15.2. The Balaban J connectivity index is 2.16. The lowest BCUT2D eigenvalue weighted by atomic mass is 10.2. The molecule has 0 fully saturated rings. The highest BCUT2D eigenvalue weighted by atomic mass is 79.9. The summed E-state index contributed by atoms with van der Waals surface area (Å²) in [6.07, 6.45) is 0. The monoisotopic (exact) mass is 351 g/mol. The lowest BCUT2D eigenvalue weighted by Crippen LogP contribution is -2.01. The first kappa shape index (κ1) is 15.5. The van der Waals surface area contributed by atoms with Crippen molar-refractivity contribution in [2.45, 2.75) is 6.54 Å². The van der Waals surface area contributed by atoms with Gasteiger partial charge in [0.05, 0.1) is 21.3 Å². The van der Waals surface area contributed by atoms with Crippen LogP contribution in [0.2, 0.25) is 0 Å². The van der Waals surface area contributed by atoms with Crippen LogP contribution in [0.1, 0.15) is 5.56 Å². The standard InChI is InChI=1S/C16H18BrNO3/c1-19-13-4-5-16(17)11(6-13)10-18-12-7-14(20-2)9-15(8-12)21-3/h4-9,18H,10H2,1-3H3. The summed E-state index contributed by atoms with van der Waals surface area (Å²) in [7, 11) is 4.93. The molecule has 0 aliphatic carbocycles. The smallest absolute Gasteiger partial charge is 0.124 e. The Hall–Kier alpha value is -1.88. The molecule has 0 spiro atoms. The maximum atomic E-state index is 5.26. The lowest BCUT2D eigenvalue weighted by Gasteiger charge is -2.12. The summed E-state index contributed by atoms with van der Waals surface area (Å²) >= 11 is 3.54. The zero-order valence-corrected chi connectivity index (χ0v) is 13.9. The molecule has 5 heteroatoms. The van der Waals surface area contributed by atoms with E-state index in [1.165, 1.54) is 0 Å². The van der Waals surface area contributed by atoms with E-state index >= 15 is 0 Å². The molecule has 21 heavy (non-hydrogen) atoms. The molecule has 112 valence electrons. The first-order valence-electron chi connectivity index (χ1n) is 6.45. The number of ether oxygens (including phenoxy) is 3. The van der Waals surface area contributed by atoms with Crippen LogP contribution in [0.3, 0.4) is 0 Å². The van der Waals surface area contributed by atoms with Crippen molar-refractivity contribution in [2.75, 3.05) is 26.6 Å². The van der Waals surface area contributed by atoms with Crippen molar-refractivity contribution < 1.29 is 14.2 Å². The third-order valence-corrected chi connectivity index (χ3v) is 3.86. The number of rotatable bonds is 6. The molecule has 0 bridgehead atoms. The van der Waals surface area contributed by atoms with E-state index in [2.05, 4.69) is 21.2 Å². The van der Waals surface area contributed by atoms with Gasteiger partial charge < -0.3 is 19.5 Å². The van der Waals surface area contributed by atoms with Gasteiger partial charge in [-0.2, -0.15) is 0 Å². The van der Waals surface area contributed by atoms with Crippen LogP contribution in [0, 0.1) is 0 Å². The molecule has 0 aromatic heterocycles. The number of anilines is 1. The fourth-order valence-corrected chi connectivity index (χ4v) is 2.31. The van der Waals surface area contributed by atoms with E-state index in [0.29, 0.717) is 6.54 Å². The van der Waals surface area contributed by atoms with Gasteiger partial charge in [-0.15, -0.1) is 0 Å². The molecule has 0 atom stereocenters. The van der Waals surface area contributed by atoms with Crippen LogP contribution in [0.5, 0.6) is 17.2 Å². The van der Waals surface area contributed by atoms with Crippen LogP contribution < -0.4 is 19.5 Å². The maximum absolute atomic E-state index is 5.26. The maximum Gasteiger partial charge on any atom is 0.124 e. The Bertz CT molecular complexity index is 594. The minimum atomic E-state index is 0.661. The molecule has 0 aliphatic heterocycles. The average molecular weight is 352 g/mol. The highest BCUT2D eigenvalue weighted by Gasteiger charge is 2.05. The molecule has 0 saturated carbocycles. The summed E-state index contributed by atoms with van der Waals surface area (Å²) in [5, 5.41) is 3.36. The number of hydrogen-bond acceptors (Lipinski definition) is 4. The van der Waals surface area contributed by atoms with E-state index in [9.17, 15) is 0 Å². The molecule has 2 rings (SSSR count). The molecule has 0 heterocycles. The van der Waals surface area contributed by atoms with Crippen LogP contribution in [-0.2, 0) is 6.54 Å². The summed E-state index contributed by atoms with van der Waals surface area (Å²) in [4.78, 5) is 0. The van der Waals surface area contributed by atoms with Crippen molar-refractivity contribution in [3.05, 3.63) is 46.4 Å². The van der Waals surface area contributed by atoms with Gasteiger partial charge in [0.15, 0.2) is 0 Å². The van der Waals surface area contributed by atoms with E-state index in [0.717, 1.165) is 33.0 Å². The van der Waals surface area contributed by atoms with Gasteiger partial charge in [-0.3, -0.25) is 0 Å². The summed E-state index contributed by atoms with van der Waals surface area (Å²) in [6.45, 7) is 0.661.